The molecule has 0 aromatic carbocycles. The molecular weight excluding hydrogens is 321 g/mol. The Balaban J connectivity index is 1.75. The van der Waals surface area contributed by atoms with Crippen molar-refractivity contribution in [2.24, 2.45) is 33.8 Å². The average Bonchev–Trinajstić information content (AvgIpc) is 2.76. The first-order valence-electron chi connectivity index (χ1n) is 9.58. The van der Waals surface area contributed by atoms with Crippen LogP contribution in [0.2, 0.25) is 0 Å². The molecular formula is C20H28FNO3. The standard InChI is InChI=1S/C20H28FNO3/c1-18-10-15(22-25)16(23)8-11(18)4-5-12-13-6-7-20(3,24)19(13,2)9-14(21)17(12)18/h8,12-15,17,24H,4-7,9-10H2,1-3H3/t12-,13-,14?,15?,17-,18-,19-,20?/m0/s1. The Morgan fingerprint density at radius 2 is 1.96 bits per heavy atom. The van der Waals surface area contributed by atoms with Crippen molar-refractivity contribution in [2.75, 3.05) is 0 Å². The van der Waals surface area contributed by atoms with Gasteiger partial charge in [0.15, 0.2) is 11.8 Å². The lowest BCUT2D eigenvalue weighted by Crippen LogP contribution is -2.59. The third kappa shape index (κ3) is 2.11. The zero-order valence-corrected chi connectivity index (χ0v) is 15.3. The molecule has 5 heteroatoms. The molecule has 0 aromatic heterocycles. The molecule has 3 fully saturated rings. The lowest BCUT2D eigenvalue weighted by Gasteiger charge is -2.60. The largest absolute Gasteiger partial charge is 0.390 e. The Bertz CT molecular complexity index is 659. The van der Waals surface area contributed by atoms with Gasteiger partial charge in [0.1, 0.15) is 6.17 Å². The number of nitrogens with zero attached hydrogens (tertiary/aromatic N) is 1. The molecule has 4 aliphatic rings. The molecule has 0 heterocycles. The van der Waals surface area contributed by atoms with E-state index in [-0.39, 0.29) is 17.6 Å². The molecule has 0 saturated heterocycles. The molecule has 25 heavy (non-hydrogen) atoms. The van der Waals surface area contributed by atoms with Gasteiger partial charge in [-0.1, -0.05) is 24.6 Å². The van der Waals surface area contributed by atoms with Gasteiger partial charge in [0.2, 0.25) is 0 Å². The van der Waals surface area contributed by atoms with Gasteiger partial charge in [-0.3, -0.25) is 4.79 Å². The quantitative estimate of drug-likeness (QED) is 0.729. The molecule has 0 aromatic rings. The molecule has 4 aliphatic carbocycles. The Labute approximate surface area is 148 Å². The van der Waals surface area contributed by atoms with Gasteiger partial charge in [-0.15, -0.1) is 0 Å². The van der Waals surface area contributed by atoms with Crippen molar-refractivity contribution < 1.29 is 14.3 Å². The number of halogens is 1. The second-order valence-corrected chi connectivity index (χ2v) is 9.60. The summed E-state index contributed by atoms with van der Waals surface area (Å²) in [6, 6.07) is -0.875. The fourth-order valence-corrected chi connectivity index (χ4v) is 6.99. The van der Waals surface area contributed by atoms with E-state index >= 15 is 4.39 Å². The van der Waals surface area contributed by atoms with E-state index in [2.05, 4.69) is 12.1 Å². The van der Waals surface area contributed by atoms with Gasteiger partial charge in [-0.25, -0.2) is 4.39 Å². The van der Waals surface area contributed by atoms with Crippen LogP contribution in [-0.4, -0.2) is 28.7 Å². The lowest BCUT2D eigenvalue weighted by atomic mass is 9.45. The van der Waals surface area contributed by atoms with E-state index in [0.29, 0.717) is 18.8 Å². The zero-order valence-electron chi connectivity index (χ0n) is 15.3. The fraction of sp³-hybridized carbons (Fsp3) is 0.850. The van der Waals surface area contributed by atoms with Gasteiger partial charge < -0.3 is 5.11 Å². The topological polar surface area (TPSA) is 66.7 Å². The summed E-state index contributed by atoms with van der Waals surface area (Å²) in [5, 5.41) is 13.9. The van der Waals surface area contributed by atoms with Crippen LogP contribution in [0, 0.1) is 33.5 Å². The number of alkyl halides is 1. The first-order chi connectivity index (χ1) is 11.6. The van der Waals surface area contributed by atoms with Gasteiger partial charge in [-0.2, -0.15) is 4.91 Å². The molecule has 0 bridgehead atoms. The number of allylic oxidation sites excluding steroid dienone is 1. The van der Waals surface area contributed by atoms with Crippen LogP contribution in [0.3, 0.4) is 0 Å². The van der Waals surface area contributed by atoms with E-state index < -0.39 is 28.6 Å². The summed E-state index contributed by atoms with van der Waals surface area (Å²) < 4.78 is 15.6. The highest BCUT2D eigenvalue weighted by Gasteiger charge is 2.65. The van der Waals surface area contributed by atoms with Crippen molar-refractivity contribution in [3.8, 4) is 0 Å². The number of fused-ring (bicyclic) bond motifs is 5. The maximum atomic E-state index is 15.6. The number of aliphatic hydroxyl groups is 1. The molecule has 138 valence electrons. The number of carbonyl (C=O) groups is 1. The van der Waals surface area contributed by atoms with Gasteiger partial charge in [0, 0.05) is 11.3 Å². The van der Waals surface area contributed by atoms with E-state index in [0.717, 1.165) is 31.3 Å². The van der Waals surface area contributed by atoms with Crippen LogP contribution in [0.4, 0.5) is 4.39 Å². The first-order valence-corrected chi connectivity index (χ1v) is 9.58. The minimum atomic E-state index is -1.02. The SMILES string of the molecule is CC1(O)CC[C@H]2[C@@H]3CCC4=CC(=O)C(N=O)C[C@]4(C)[C@@H]3C(F)C[C@@]21C. The molecule has 0 aliphatic heterocycles. The van der Waals surface area contributed by atoms with E-state index in [1.54, 1.807) is 6.08 Å². The van der Waals surface area contributed by atoms with E-state index in [1.807, 2.05) is 13.8 Å². The van der Waals surface area contributed by atoms with Crippen LogP contribution in [0.15, 0.2) is 16.8 Å². The highest BCUT2D eigenvalue weighted by Crippen LogP contribution is 2.67. The van der Waals surface area contributed by atoms with Crippen LogP contribution in [-0.2, 0) is 4.79 Å². The molecule has 0 radical (unpaired) electrons. The zero-order chi connectivity index (χ0) is 18.2. The van der Waals surface area contributed by atoms with E-state index in [4.69, 9.17) is 0 Å². The van der Waals surface area contributed by atoms with Gasteiger partial charge in [0.25, 0.3) is 0 Å². The lowest BCUT2D eigenvalue weighted by molar-refractivity contribution is -0.149. The van der Waals surface area contributed by atoms with Crippen molar-refractivity contribution in [3.05, 3.63) is 16.6 Å². The van der Waals surface area contributed by atoms with E-state index in [1.165, 1.54) is 0 Å². The van der Waals surface area contributed by atoms with Crippen molar-refractivity contribution in [1.82, 2.24) is 0 Å². The predicted molar refractivity (Wildman–Crippen MR) is 92.6 cm³/mol. The monoisotopic (exact) mass is 349 g/mol. The third-order valence-electron chi connectivity index (χ3n) is 8.58. The fourth-order valence-electron chi connectivity index (χ4n) is 6.99. The predicted octanol–water partition coefficient (Wildman–Crippen LogP) is 3.96. The highest BCUT2D eigenvalue weighted by molar-refractivity contribution is 5.96. The molecule has 0 spiro atoms. The number of hydrogen-bond donors (Lipinski definition) is 1. The number of carbonyl (C=O) groups excluding carboxylic acids is 1. The summed E-state index contributed by atoms with van der Waals surface area (Å²) in [6.07, 6.45) is 4.57. The summed E-state index contributed by atoms with van der Waals surface area (Å²) in [5.41, 5.74) is -0.670. The normalized spacial score (nSPS) is 55.0. The second-order valence-electron chi connectivity index (χ2n) is 9.60. The van der Waals surface area contributed by atoms with Crippen molar-refractivity contribution in [2.45, 2.75) is 77.1 Å². The van der Waals surface area contributed by atoms with Crippen LogP contribution in [0.1, 0.15) is 59.3 Å². The average molecular weight is 349 g/mol. The van der Waals surface area contributed by atoms with Crippen molar-refractivity contribution >= 4 is 5.78 Å². The van der Waals surface area contributed by atoms with Crippen LogP contribution < -0.4 is 0 Å². The summed E-state index contributed by atoms with van der Waals surface area (Å²) in [6.45, 7) is 5.95. The number of nitroso groups, excluding NO2 is 1. The van der Waals surface area contributed by atoms with Gasteiger partial charge in [-0.05, 0) is 68.8 Å². The third-order valence-corrected chi connectivity index (χ3v) is 8.58. The molecule has 3 unspecified atom stereocenters. The summed E-state index contributed by atoms with van der Waals surface area (Å²) in [7, 11) is 0. The summed E-state index contributed by atoms with van der Waals surface area (Å²) in [5.74, 6) is 0.0983. The second kappa shape index (κ2) is 5.21. The maximum Gasteiger partial charge on any atom is 0.183 e. The molecule has 8 atom stereocenters. The molecule has 1 N–H and O–H groups in total. The van der Waals surface area contributed by atoms with Crippen LogP contribution >= 0.6 is 0 Å². The smallest absolute Gasteiger partial charge is 0.183 e. The Kier molecular flexibility index (Phi) is 3.61. The van der Waals surface area contributed by atoms with Crippen LogP contribution in [0.25, 0.3) is 0 Å². The van der Waals surface area contributed by atoms with Crippen molar-refractivity contribution in [1.29, 1.82) is 0 Å². The molecule has 4 rings (SSSR count). The van der Waals surface area contributed by atoms with Crippen LogP contribution in [0.5, 0.6) is 0 Å². The Hall–Kier alpha value is -1.10. The minimum absolute atomic E-state index is 0.183. The van der Waals surface area contributed by atoms with Gasteiger partial charge >= 0.3 is 0 Å². The minimum Gasteiger partial charge on any atom is -0.390 e. The number of rotatable bonds is 1. The molecule has 3 saturated carbocycles. The molecule has 4 nitrogen and oxygen atoms in total. The number of hydrogen-bond acceptors (Lipinski definition) is 4. The van der Waals surface area contributed by atoms with Crippen molar-refractivity contribution in [3.63, 3.8) is 0 Å². The van der Waals surface area contributed by atoms with Gasteiger partial charge in [0.05, 0.1) is 5.60 Å². The number of ketones is 1. The summed E-state index contributed by atoms with van der Waals surface area (Å²) in [4.78, 5) is 23.2. The van der Waals surface area contributed by atoms with E-state index in [9.17, 15) is 14.8 Å². The maximum absolute atomic E-state index is 15.6. The Morgan fingerprint density at radius 1 is 1.24 bits per heavy atom. The highest BCUT2D eigenvalue weighted by atomic mass is 19.1. The summed E-state index contributed by atoms with van der Waals surface area (Å²) >= 11 is 0. The Morgan fingerprint density at radius 3 is 2.64 bits per heavy atom. The molecule has 0 amide bonds. The first kappa shape index (κ1) is 17.3.